The summed E-state index contributed by atoms with van der Waals surface area (Å²) in [6.07, 6.45) is -3.25. The molecule has 1 aromatic heterocycles. The number of aromatic nitrogens is 2. The van der Waals surface area contributed by atoms with Crippen LogP contribution in [0.4, 0.5) is 13.2 Å². The van der Waals surface area contributed by atoms with Gasteiger partial charge in [-0.2, -0.15) is 18.3 Å². The van der Waals surface area contributed by atoms with Crippen LogP contribution < -0.4 is 0 Å². The summed E-state index contributed by atoms with van der Waals surface area (Å²) in [4.78, 5) is 0. The first-order chi connectivity index (χ1) is 8.39. The van der Waals surface area contributed by atoms with Gasteiger partial charge < -0.3 is 0 Å². The number of hydrogen-bond acceptors (Lipinski definition) is 1. The van der Waals surface area contributed by atoms with Crippen LogP contribution in [0.3, 0.4) is 0 Å². The molecule has 2 aromatic rings. The number of benzene rings is 1. The van der Waals surface area contributed by atoms with E-state index in [0.717, 1.165) is 15.8 Å². The molecule has 0 fully saturated rings. The maximum absolute atomic E-state index is 12.9. The second kappa shape index (κ2) is 4.76. The molecule has 0 spiro atoms. The van der Waals surface area contributed by atoms with Gasteiger partial charge in [-0.15, -0.1) is 0 Å². The van der Waals surface area contributed by atoms with Crippen LogP contribution >= 0.6 is 15.9 Å². The van der Waals surface area contributed by atoms with E-state index in [2.05, 4.69) is 21.0 Å². The Labute approximate surface area is 111 Å². The molecule has 0 amide bonds. The Morgan fingerprint density at radius 3 is 2.56 bits per heavy atom. The molecule has 96 valence electrons. The summed E-state index contributed by atoms with van der Waals surface area (Å²) >= 11 is 2.88. The molecule has 0 saturated heterocycles. The Morgan fingerprint density at radius 1 is 1.28 bits per heavy atom. The van der Waals surface area contributed by atoms with Crippen molar-refractivity contribution < 1.29 is 13.2 Å². The van der Waals surface area contributed by atoms with Gasteiger partial charge in [0, 0.05) is 0 Å². The van der Waals surface area contributed by atoms with E-state index in [-0.39, 0.29) is 11.0 Å². The van der Waals surface area contributed by atoms with Crippen LogP contribution in [0.25, 0.3) is 0 Å². The van der Waals surface area contributed by atoms with E-state index >= 15 is 0 Å². The summed E-state index contributed by atoms with van der Waals surface area (Å²) in [7, 11) is 0. The number of rotatable bonds is 2. The highest BCUT2D eigenvalue weighted by atomic mass is 79.9. The Hall–Kier alpha value is -1.30. The SMILES string of the molecule is Cc1ccccc1Cn1ncc(Br)c1C(F)(F)F. The monoisotopic (exact) mass is 318 g/mol. The van der Waals surface area contributed by atoms with Crippen LogP contribution in [0.2, 0.25) is 0 Å². The topological polar surface area (TPSA) is 17.8 Å². The summed E-state index contributed by atoms with van der Waals surface area (Å²) in [6, 6.07) is 7.31. The zero-order valence-corrected chi connectivity index (χ0v) is 11.1. The van der Waals surface area contributed by atoms with Crippen LogP contribution in [0, 0.1) is 6.92 Å². The molecule has 1 heterocycles. The minimum Gasteiger partial charge on any atom is -0.255 e. The number of alkyl halides is 3. The Kier molecular flexibility index (Phi) is 3.47. The molecule has 0 unspecified atom stereocenters. The van der Waals surface area contributed by atoms with Crippen LogP contribution in [-0.2, 0) is 12.7 Å². The predicted octanol–water partition coefficient (Wildman–Crippen LogP) is 4.02. The van der Waals surface area contributed by atoms with Crippen molar-refractivity contribution in [1.82, 2.24) is 9.78 Å². The van der Waals surface area contributed by atoms with Crippen molar-refractivity contribution in [1.29, 1.82) is 0 Å². The highest BCUT2D eigenvalue weighted by molar-refractivity contribution is 9.10. The van der Waals surface area contributed by atoms with E-state index in [1.54, 1.807) is 12.1 Å². The van der Waals surface area contributed by atoms with Crippen molar-refractivity contribution in [2.75, 3.05) is 0 Å². The molecule has 0 radical (unpaired) electrons. The van der Waals surface area contributed by atoms with E-state index in [1.807, 2.05) is 19.1 Å². The van der Waals surface area contributed by atoms with Gasteiger partial charge >= 0.3 is 6.18 Å². The van der Waals surface area contributed by atoms with Gasteiger partial charge in [0.05, 0.1) is 17.2 Å². The standard InChI is InChI=1S/C12H10BrF3N2/c1-8-4-2-3-5-9(8)7-18-11(12(14,15)16)10(13)6-17-18/h2-6H,7H2,1H3. The van der Waals surface area contributed by atoms with Crippen LogP contribution in [0.5, 0.6) is 0 Å². The third-order valence-corrected chi connectivity index (χ3v) is 3.22. The summed E-state index contributed by atoms with van der Waals surface area (Å²) in [5.74, 6) is 0. The summed E-state index contributed by atoms with van der Waals surface area (Å²) in [5, 5.41) is 3.77. The van der Waals surface area contributed by atoms with Crippen molar-refractivity contribution in [3.63, 3.8) is 0 Å². The van der Waals surface area contributed by atoms with Gasteiger partial charge in [0.2, 0.25) is 0 Å². The summed E-state index contributed by atoms with van der Waals surface area (Å²) in [5.41, 5.74) is 1.00. The molecular formula is C12H10BrF3N2. The normalized spacial score (nSPS) is 11.8. The number of nitrogens with zero attached hydrogens (tertiary/aromatic N) is 2. The lowest BCUT2D eigenvalue weighted by molar-refractivity contribution is -0.144. The minimum absolute atomic E-state index is 0.0383. The lowest BCUT2D eigenvalue weighted by Crippen LogP contribution is -2.16. The third kappa shape index (κ3) is 2.58. The Morgan fingerprint density at radius 2 is 1.94 bits per heavy atom. The third-order valence-electron chi connectivity index (χ3n) is 2.64. The van der Waals surface area contributed by atoms with Gasteiger partial charge in [0.1, 0.15) is 0 Å². The van der Waals surface area contributed by atoms with Gasteiger partial charge in [-0.25, -0.2) is 0 Å². The molecule has 18 heavy (non-hydrogen) atoms. The quantitative estimate of drug-likeness (QED) is 0.817. The molecule has 2 rings (SSSR count). The van der Waals surface area contributed by atoms with Gasteiger partial charge in [-0.1, -0.05) is 24.3 Å². The lowest BCUT2D eigenvalue weighted by Gasteiger charge is -2.12. The molecule has 0 aliphatic rings. The highest BCUT2D eigenvalue weighted by Crippen LogP contribution is 2.34. The first-order valence-electron chi connectivity index (χ1n) is 5.22. The van der Waals surface area contributed by atoms with Crippen molar-refractivity contribution >= 4 is 15.9 Å². The van der Waals surface area contributed by atoms with Crippen LogP contribution in [0.15, 0.2) is 34.9 Å². The first kappa shape index (κ1) is 13.1. The zero-order valence-electron chi connectivity index (χ0n) is 9.50. The maximum Gasteiger partial charge on any atom is 0.434 e. The average Bonchev–Trinajstić information content (AvgIpc) is 2.62. The van der Waals surface area contributed by atoms with Crippen molar-refractivity contribution in [3.05, 3.63) is 51.8 Å². The summed E-state index contributed by atoms with van der Waals surface area (Å²) in [6.45, 7) is 1.97. The number of halogens is 4. The predicted molar refractivity (Wildman–Crippen MR) is 65.2 cm³/mol. The second-order valence-corrected chi connectivity index (χ2v) is 4.78. The lowest BCUT2D eigenvalue weighted by atomic mass is 10.1. The molecule has 0 saturated carbocycles. The molecule has 6 heteroatoms. The van der Waals surface area contributed by atoms with E-state index in [1.165, 1.54) is 6.20 Å². The van der Waals surface area contributed by atoms with Gasteiger partial charge in [0.15, 0.2) is 5.69 Å². The largest absolute Gasteiger partial charge is 0.434 e. The number of hydrogen-bond donors (Lipinski definition) is 0. The minimum atomic E-state index is -4.42. The van der Waals surface area contributed by atoms with E-state index in [9.17, 15) is 13.2 Å². The Balaban J connectivity index is 2.39. The fourth-order valence-corrected chi connectivity index (χ4v) is 2.23. The fourth-order valence-electron chi connectivity index (χ4n) is 1.71. The first-order valence-corrected chi connectivity index (χ1v) is 6.02. The van der Waals surface area contributed by atoms with Crippen LogP contribution in [0.1, 0.15) is 16.8 Å². The van der Waals surface area contributed by atoms with Gasteiger partial charge in [0.25, 0.3) is 0 Å². The molecule has 1 aromatic carbocycles. The highest BCUT2D eigenvalue weighted by Gasteiger charge is 2.37. The average molecular weight is 319 g/mol. The van der Waals surface area contributed by atoms with Crippen molar-refractivity contribution in [3.8, 4) is 0 Å². The van der Waals surface area contributed by atoms with Gasteiger partial charge in [-0.05, 0) is 34.0 Å². The molecule has 2 nitrogen and oxygen atoms in total. The molecule has 0 atom stereocenters. The smallest absolute Gasteiger partial charge is 0.255 e. The molecule has 0 N–H and O–H groups in total. The van der Waals surface area contributed by atoms with Gasteiger partial charge in [-0.3, -0.25) is 4.68 Å². The molecular weight excluding hydrogens is 309 g/mol. The maximum atomic E-state index is 12.9. The van der Waals surface area contributed by atoms with Crippen molar-refractivity contribution in [2.24, 2.45) is 0 Å². The Bertz CT molecular complexity index is 561. The zero-order chi connectivity index (χ0) is 13.3. The molecule has 0 aliphatic heterocycles. The molecule has 0 aliphatic carbocycles. The van der Waals surface area contributed by atoms with E-state index in [0.29, 0.717) is 0 Å². The fraction of sp³-hybridized carbons (Fsp3) is 0.250. The van der Waals surface area contributed by atoms with E-state index in [4.69, 9.17) is 0 Å². The number of aryl methyl sites for hydroxylation is 1. The second-order valence-electron chi connectivity index (χ2n) is 3.92. The van der Waals surface area contributed by atoms with Crippen molar-refractivity contribution in [2.45, 2.75) is 19.6 Å². The van der Waals surface area contributed by atoms with Crippen LogP contribution in [-0.4, -0.2) is 9.78 Å². The van der Waals surface area contributed by atoms with E-state index < -0.39 is 11.9 Å². The summed E-state index contributed by atoms with van der Waals surface area (Å²) < 4.78 is 39.5. The molecule has 0 bridgehead atoms.